The van der Waals surface area contributed by atoms with Crippen LogP contribution in [0.4, 0.5) is 11.4 Å². The lowest BCUT2D eigenvalue weighted by molar-refractivity contribution is -0.127. The number of hydrogen-bond acceptors (Lipinski definition) is 6. The third-order valence-electron chi connectivity index (χ3n) is 7.82. The van der Waals surface area contributed by atoms with E-state index in [1.54, 1.807) is 11.3 Å². The molecule has 0 radical (unpaired) electrons. The van der Waals surface area contributed by atoms with Crippen LogP contribution in [0.5, 0.6) is 0 Å². The van der Waals surface area contributed by atoms with Crippen LogP contribution in [0.25, 0.3) is 22.2 Å². The van der Waals surface area contributed by atoms with E-state index in [-0.39, 0.29) is 11.9 Å². The molecule has 7 nitrogen and oxygen atoms in total. The first-order chi connectivity index (χ1) is 17.7. The summed E-state index contributed by atoms with van der Waals surface area (Å²) in [7, 11) is 0. The van der Waals surface area contributed by atoms with Crippen LogP contribution in [0.1, 0.15) is 24.4 Å². The van der Waals surface area contributed by atoms with Gasteiger partial charge in [-0.15, -0.1) is 0 Å². The third-order valence-corrected chi connectivity index (χ3v) is 8.52. The van der Waals surface area contributed by atoms with Gasteiger partial charge in [0.2, 0.25) is 5.91 Å². The molecule has 3 saturated heterocycles. The number of likely N-dealkylation sites (tertiary alicyclic amines) is 1. The Balaban J connectivity index is 1.12. The van der Waals surface area contributed by atoms with Gasteiger partial charge in [0.1, 0.15) is 6.04 Å². The quantitative estimate of drug-likeness (QED) is 0.395. The predicted molar refractivity (Wildman–Crippen MR) is 143 cm³/mol. The van der Waals surface area contributed by atoms with Crippen molar-refractivity contribution < 1.29 is 9.53 Å². The number of ether oxygens (including phenoxy) is 1. The fraction of sp³-hybridized carbons (Fsp3) is 0.357. The van der Waals surface area contributed by atoms with Crippen LogP contribution in [0, 0.1) is 5.41 Å². The summed E-state index contributed by atoms with van der Waals surface area (Å²) in [6, 6.07) is 16.4. The fourth-order valence-corrected chi connectivity index (χ4v) is 6.51. The van der Waals surface area contributed by atoms with Crippen molar-refractivity contribution in [2.45, 2.75) is 18.9 Å². The lowest BCUT2D eigenvalue weighted by Crippen LogP contribution is -2.66. The second-order valence-corrected chi connectivity index (χ2v) is 11.2. The number of anilines is 2. The largest absolute Gasteiger partial charge is 0.380 e. The zero-order valence-corrected chi connectivity index (χ0v) is 20.9. The van der Waals surface area contributed by atoms with Crippen molar-refractivity contribution in [3.63, 3.8) is 0 Å². The Morgan fingerprint density at radius 3 is 2.58 bits per heavy atom. The molecule has 2 aromatic heterocycles. The smallest absolute Gasteiger partial charge is 0.246 e. The molecule has 1 atom stereocenters. The standard InChI is InChI=1S/C28H29N5O2S/c34-27(26(20-9-12-36-14-20)32-10-1-2-11-32)29-21-5-8-24-23(13-21)25(31-30-24)19-3-6-22(7-4-19)33-15-28(16-33)17-35-18-28/h3-9,12-14,26H,1-2,10-11,15-18H2,(H,29,34)(H,30,31). The monoisotopic (exact) mass is 499 g/mol. The molecule has 7 rings (SSSR count). The lowest BCUT2D eigenvalue weighted by atomic mass is 9.78. The van der Waals surface area contributed by atoms with Crippen molar-refractivity contribution in [2.24, 2.45) is 5.41 Å². The maximum absolute atomic E-state index is 13.5. The minimum Gasteiger partial charge on any atom is -0.380 e. The summed E-state index contributed by atoms with van der Waals surface area (Å²) in [6.45, 7) is 5.86. The first kappa shape index (κ1) is 22.0. The van der Waals surface area contributed by atoms with Crippen molar-refractivity contribution in [1.29, 1.82) is 0 Å². The molecule has 3 aliphatic heterocycles. The minimum absolute atomic E-state index is 0.0215. The fourth-order valence-electron chi connectivity index (χ4n) is 5.83. The molecule has 3 aliphatic rings. The summed E-state index contributed by atoms with van der Waals surface area (Å²) in [5, 5.41) is 16.1. The molecule has 0 aliphatic carbocycles. The van der Waals surface area contributed by atoms with Crippen molar-refractivity contribution >= 4 is 39.5 Å². The van der Waals surface area contributed by atoms with Crippen LogP contribution in [-0.4, -0.2) is 60.4 Å². The van der Waals surface area contributed by atoms with Crippen LogP contribution in [0.2, 0.25) is 0 Å². The van der Waals surface area contributed by atoms with Crippen LogP contribution in [0.3, 0.4) is 0 Å². The van der Waals surface area contributed by atoms with Crippen LogP contribution >= 0.6 is 11.3 Å². The number of nitrogens with zero attached hydrogens (tertiary/aromatic N) is 3. The number of carbonyl (C=O) groups excluding carboxylic acids is 1. The summed E-state index contributed by atoms with van der Waals surface area (Å²) < 4.78 is 5.40. The van der Waals surface area contributed by atoms with Crippen molar-refractivity contribution in [2.75, 3.05) is 49.6 Å². The van der Waals surface area contributed by atoms with Crippen LogP contribution in [0.15, 0.2) is 59.3 Å². The van der Waals surface area contributed by atoms with Crippen molar-refractivity contribution in [3.8, 4) is 11.3 Å². The van der Waals surface area contributed by atoms with E-state index in [1.165, 1.54) is 5.69 Å². The van der Waals surface area contributed by atoms with E-state index in [0.717, 1.165) is 85.6 Å². The predicted octanol–water partition coefficient (Wildman–Crippen LogP) is 4.90. The second-order valence-electron chi connectivity index (χ2n) is 10.4. The Morgan fingerprint density at radius 2 is 1.89 bits per heavy atom. The van der Waals surface area contributed by atoms with E-state index < -0.39 is 0 Å². The number of H-pyrrole nitrogens is 1. The Kier molecular flexibility index (Phi) is 5.34. The molecular formula is C28H29N5O2S. The number of fused-ring (bicyclic) bond motifs is 1. The highest BCUT2D eigenvalue weighted by Gasteiger charge is 2.49. The molecule has 36 heavy (non-hydrogen) atoms. The van der Waals surface area contributed by atoms with Gasteiger partial charge in [0, 0.05) is 35.4 Å². The molecule has 184 valence electrons. The van der Waals surface area contributed by atoms with Gasteiger partial charge in [0.25, 0.3) is 0 Å². The van der Waals surface area contributed by atoms with Gasteiger partial charge < -0.3 is 15.0 Å². The highest BCUT2D eigenvalue weighted by atomic mass is 32.1. The van der Waals surface area contributed by atoms with E-state index in [9.17, 15) is 4.79 Å². The molecule has 1 amide bonds. The zero-order chi connectivity index (χ0) is 24.1. The summed E-state index contributed by atoms with van der Waals surface area (Å²) in [6.07, 6.45) is 2.29. The molecule has 1 spiro atoms. The van der Waals surface area contributed by atoms with E-state index in [0.29, 0.717) is 5.41 Å². The second kappa shape index (κ2) is 8.73. The number of benzene rings is 2. The number of nitrogens with one attached hydrogen (secondary N) is 2. The lowest BCUT2D eigenvalue weighted by Gasteiger charge is -2.56. The summed E-state index contributed by atoms with van der Waals surface area (Å²) in [5.41, 5.74) is 6.41. The van der Waals surface area contributed by atoms with Crippen molar-refractivity contribution in [1.82, 2.24) is 15.1 Å². The molecule has 4 aromatic rings. The topological polar surface area (TPSA) is 73.5 Å². The normalized spacial score (nSPS) is 19.8. The van der Waals surface area contributed by atoms with Gasteiger partial charge in [-0.05, 0) is 78.7 Å². The SMILES string of the molecule is O=C(Nc1ccc2[nH]nc(-c3ccc(N4CC5(COC5)C4)cc3)c2c1)C(c1ccsc1)N1CCCC1. The summed E-state index contributed by atoms with van der Waals surface area (Å²) >= 11 is 1.64. The molecule has 2 N–H and O–H groups in total. The number of hydrogen-bond donors (Lipinski definition) is 2. The third kappa shape index (κ3) is 3.80. The van der Waals surface area contributed by atoms with Gasteiger partial charge in [-0.3, -0.25) is 14.8 Å². The van der Waals surface area contributed by atoms with Gasteiger partial charge in [-0.1, -0.05) is 12.1 Å². The first-order valence-electron chi connectivity index (χ1n) is 12.7. The van der Waals surface area contributed by atoms with Gasteiger partial charge in [0.05, 0.1) is 29.8 Å². The zero-order valence-electron chi connectivity index (χ0n) is 20.1. The molecule has 3 fully saturated rings. The maximum Gasteiger partial charge on any atom is 0.246 e. The van der Waals surface area contributed by atoms with Gasteiger partial charge in [-0.2, -0.15) is 16.4 Å². The Bertz CT molecular complexity index is 1380. The van der Waals surface area contributed by atoms with Crippen LogP contribution in [-0.2, 0) is 9.53 Å². The maximum atomic E-state index is 13.5. The average molecular weight is 500 g/mol. The van der Waals surface area contributed by atoms with E-state index in [1.807, 2.05) is 23.6 Å². The minimum atomic E-state index is -0.252. The molecule has 0 bridgehead atoms. The number of aromatic nitrogens is 2. The number of amides is 1. The van der Waals surface area contributed by atoms with E-state index in [4.69, 9.17) is 4.74 Å². The van der Waals surface area contributed by atoms with Gasteiger partial charge in [0.15, 0.2) is 0 Å². The first-order valence-corrected chi connectivity index (χ1v) is 13.6. The van der Waals surface area contributed by atoms with Crippen molar-refractivity contribution in [3.05, 3.63) is 64.9 Å². The van der Waals surface area contributed by atoms with Gasteiger partial charge >= 0.3 is 0 Å². The number of aromatic amines is 1. The van der Waals surface area contributed by atoms with Crippen LogP contribution < -0.4 is 10.2 Å². The highest BCUT2D eigenvalue weighted by Crippen LogP contribution is 2.40. The molecule has 5 heterocycles. The summed E-state index contributed by atoms with van der Waals surface area (Å²) in [4.78, 5) is 18.2. The Labute approximate surface area is 214 Å². The average Bonchev–Trinajstić information content (AvgIpc) is 3.61. The number of carbonyl (C=O) groups is 1. The number of thiophene rings is 1. The molecule has 8 heteroatoms. The Morgan fingerprint density at radius 1 is 1.08 bits per heavy atom. The molecule has 0 saturated carbocycles. The number of rotatable bonds is 6. The highest BCUT2D eigenvalue weighted by molar-refractivity contribution is 7.08. The van der Waals surface area contributed by atoms with E-state index in [2.05, 4.69) is 61.0 Å². The summed E-state index contributed by atoms with van der Waals surface area (Å²) in [5.74, 6) is 0.0215. The van der Waals surface area contributed by atoms with Gasteiger partial charge in [-0.25, -0.2) is 0 Å². The Hall–Kier alpha value is -3.20. The molecule has 1 unspecified atom stereocenters. The molecule has 2 aromatic carbocycles. The molecular weight excluding hydrogens is 470 g/mol. The van der Waals surface area contributed by atoms with E-state index >= 15 is 0 Å².